The summed E-state index contributed by atoms with van der Waals surface area (Å²) in [6, 6.07) is 12.9. The van der Waals surface area contributed by atoms with E-state index in [9.17, 15) is 0 Å². The van der Waals surface area contributed by atoms with Gasteiger partial charge in [-0.15, -0.1) is 0 Å². The first-order valence-corrected chi connectivity index (χ1v) is 9.46. The van der Waals surface area contributed by atoms with Gasteiger partial charge in [0.1, 0.15) is 5.76 Å². The Morgan fingerprint density at radius 1 is 0.815 bits per heavy atom. The topological polar surface area (TPSA) is 25.6 Å². The molecule has 140 valence electrons. The summed E-state index contributed by atoms with van der Waals surface area (Å²) in [6.45, 7) is 15.1. The second-order valence-electron chi connectivity index (χ2n) is 8.64. The van der Waals surface area contributed by atoms with E-state index in [1.54, 1.807) is 0 Å². The summed E-state index contributed by atoms with van der Waals surface area (Å²) < 4.78 is 12.2. The highest BCUT2D eigenvalue weighted by molar-refractivity contribution is 5.86. The average Bonchev–Trinajstić information content (AvgIpc) is 2.92. The van der Waals surface area contributed by atoms with E-state index >= 15 is 0 Å². The highest BCUT2D eigenvalue weighted by Gasteiger charge is 2.32. The zero-order chi connectivity index (χ0) is 19.5. The molecule has 3 heteroatoms. The Balaban J connectivity index is 1.97. The molecular formula is C24H27NO2. The van der Waals surface area contributed by atoms with Gasteiger partial charge >= 0.3 is 0 Å². The minimum atomic E-state index is 0.112. The first kappa shape index (κ1) is 17.7. The Morgan fingerprint density at radius 2 is 1.48 bits per heavy atom. The third-order valence-corrected chi connectivity index (χ3v) is 5.16. The number of aryl methyl sites for hydroxylation is 4. The SMILES string of the molecule is Cc1ccc2c(c1)Oc1cc(C)oc1N2c1c(C)cc(C(C)(C)C)cc1C. The molecule has 2 aromatic carbocycles. The number of rotatable bonds is 1. The van der Waals surface area contributed by atoms with E-state index in [2.05, 4.69) is 76.8 Å². The van der Waals surface area contributed by atoms with Crippen molar-refractivity contribution in [3.8, 4) is 11.5 Å². The molecule has 2 heterocycles. The predicted molar refractivity (Wildman–Crippen MR) is 111 cm³/mol. The lowest BCUT2D eigenvalue weighted by atomic mass is 9.84. The Kier molecular flexibility index (Phi) is 3.88. The molecular weight excluding hydrogens is 334 g/mol. The van der Waals surface area contributed by atoms with Gasteiger partial charge in [0.15, 0.2) is 11.5 Å². The van der Waals surface area contributed by atoms with Gasteiger partial charge in [0.2, 0.25) is 5.88 Å². The summed E-state index contributed by atoms with van der Waals surface area (Å²) in [6.07, 6.45) is 0. The maximum atomic E-state index is 6.15. The van der Waals surface area contributed by atoms with Gasteiger partial charge in [0, 0.05) is 6.07 Å². The van der Waals surface area contributed by atoms with Crippen LogP contribution < -0.4 is 9.64 Å². The zero-order valence-electron chi connectivity index (χ0n) is 17.2. The first-order chi connectivity index (χ1) is 12.6. The molecule has 3 nitrogen and oxygen atoms in total. The van der Waals surface area contributed by atoms with Crippen molar-refractivity contribution in [2.24, 2.45) is 0 Å². The third-order valence-electron chi connectivity index (χ3n) is 5.16. The molecule has 3 aromatic rings. The van der Waals surface area contributed by atoms with Crippen molar-refractivity contribution in [3.63, 3.8) is 0 Å². The lowest BCUT2D eigenvalue weighted by Crippen LogP contribution is -2.18. The van der Waals surface area contributed by atoms with Crippen molar-refractivity contribution in [1.82, 2.24) is 0 Å². The largest absolute Gasteiger partial charge is 0.449 e. The number of benzene rings is 2. The van der Waals surface area contributed by atoms with Crippen LogP contribution in [0.25, 0.3) is 0 Å². The van der Waals surface area contributed by atoms with Crippen LogP contribution in [0.2, 0.25) is 0 Å². The van der Waals surface area contributed by atoms with Crippen molar-refractivity contribution in [3.05, 3.63) is 64.4 Å². The highest BCUT2D eigenvalue weighted by atomic mass is 16.5. The van der Waals surface area contributed by atoms with Gasteiger partial charge in [-0.1, -0.05) is 39.0 Å². The summed E-state index contributed by atoms with van der Waals surface area (Å²) in [5.74, 6) is 3.22. The molecule has 27 heavy (non-hydrogen) atoms. The van der Waals surface area contributed by atoms with Crippen LogP contribution in [0.15, 0.2) is 40.8 Å². The van der Waals surface area contributed by atoms with Gasteiger partial charge < -0.3 is 9.15 Å². The molecule has 0 saturated carbocycles. The summed E-state index contributed by atoms with van der Waals surface area (Å²) >= 11 is 0. The molecule has 0 fully saturated rings. The fourth-order valence-electron chi connectivity index (χ4n) is 3.79. The smallest absolute Gasteiger partial charge is 0.248 e. The van der Waals surface area contributed by atoms with E-state index in [0.29, 0.717) is 0 Å². The van der Waals surface area contributed by atoms with E-state index in [0.717, 1.165) is 34.5 Å². The molecule has 0 aliphatic carbocycles. The van der Waals surface area contributed by atoms with Crippen LogP contribution in [0.1, 0.15) is 48.8 Å². The standard InChI is InChI=1S/C24H27NO2/c1-14-8-9-19-20(10-14)27-21-13-17(4)26-23(21)25(19)22-15(2)11-18(12-16(22)3)24(5,6)7/h8-13H,1-7H3. The molecule has 0 bridgehead atoms. The molecule has 0 N–H and O–H groups in total. The monoisotopic (exact) mass is 361 g/mol. The molecule has 0 atom stereocenters. The second-order valence-corrected chi connectivity index (χ2v) is 8.64. The number of nitrogens with zero attached hydrogens (tertiary/aromatic N) is 1. The summed E-state index contributed by atoms with van der Waals surface area (Å²) in [5.41, 5.74) is 7.26. The quantitative estimate of drug-likeness (QED) is 0.353. The fraction of sp³-hybridized carbons (Fsp3) is 0.333. The number of fused-ring (bicyclic) bond motifs is 2. The molecule has 1 aliphatic rings. The average molecular weight is 361 g/mol. The van der Waals surface area contributed by atoms with E-state index in [-0.39, 0.29) is 5.41 Å². The fourth-order valence-corrected chi connectivity index (χ4v) is 3.79. The number of hydrogen-bond donors (Lipinski definition) is 0. The van der Waals surface area contributed by atoms with E-state index in [4.69, 9.17) is 9.15 Å². The molecule has 0 spiro atoms. The third kappa shape index (κ3) is 2.91. The van der Waals surface area contributed by atoms with E-state index < -0.39 is 0 Å². The van der Waals surface area contributed by atoms with E-state index in [1.807, 2.05) is 13.0 Å². The van der Waals surface area contributed by atoms with Crippen molar-refractivity contribution < 1.29 is 9.15 Å². The normalized spacial score (nSPS) is 13.2. The van der Waals surface area contributed by atoms with Gasteiger partial charge in [0.25, 0.3) is 0 Å². The lowest BCUT2D eigenvalue weighted by molar-refractivity contribution is 0.454. The van der Waals surface area contributed by atoms with Crippen LogP contribution in [0, 0.1) is 27.7 Å². The zero-order valence-corrected chi connectivity index (χ0v) is 17.2. The molecule has 0 amide bonds. The highest BCUT2D eigenvalue weighted by Crippen LogP contribution is 2.53. The van der Waals surface area contributed by atoms with Crippen molar-refractivity contribution >= 4 is 17.3 Å². The number of furan rings is 1. The van der Waals surface area contributed by atoms with E-state index in [1.165, 1.54) is 22.3 Å². The Bertz CT molecular complexity index is 1010. The van der Waals surface area contributed by atoms with Crippen LogP contribution in [0.4, 0.5) is 17.3 Å². The second kappa shape index (κ2) is 5.91. The Hall–Kier alpha value is -2.68. The molecule has 1 aliphatic heterocycles. The summed E-state index contributed by atoms with van der Waals surface area (Å²) in [5, 5.41) is 0. The first-order valence-electron chi connectivity index (χ1n) is 9.46. The maximum Gasteiger partial charge on any atom is 0.248 e. The molecule has 1 aromatic heterocycles. The van der Waals surface area contributed by atoms with Gasteiger partial charge in [0.05, 0.1) is 11.4 Å². The van der Waals surface area contributed by atoms with Gasteiger partial charge in [-0.25, -0.2) is 0 Å². The Morgan fingerprint density at radius 3 is 2.11 bits per heavy atom. The van der Waals surface area contributed by atoms with Gasteiger partial charge in [-0.2, -0.15) is 0 Å². The van der Waals surface area contributed by atoms with Gasteiger partial charge in [-0.3, -0.25) is 4.90 Å². The molecule has 0 saturated heterocycles. The van der Waals surface area contributed by atoms with Crippen LogP contribution in [0.3, 0.4) is 0 Å². The van der Waals surface area contributed by atoms with Crippen molar-refractivity contribution in [2.75, 3.05) is 4.90 Å². The lowest BCUT2D eigenvalue weighted by Gasteiger charge is -2.32. The number of anilines is 3. The maximum absolute atomic E-state index is 6.15. The van der Waals surface area contributed by atoms with Crippen molar-refractivity contribution in [2.45, 2.75) is 53.9 Å². The van der Waals surface area contributed by atoms with Crippen molar-refractivity contribution in [1.29, 1.82) is 0 Å². The molecule has 0 radical (unpaired) electrons. The number of hydrogen-bond acceptors (Lipinski definition) is 3. The molecule has 0 unspecified atom stereocenters. The minimum absolute atomic E-state index is 0.112. The van der Waals surface area contributed by atoms with Crippen LogP contribution in [-0.2, 0) is 5.41 Å². The molecule has 4 rings (SSSR count). The van der Waals surface area contributed by atoms with Crippen LogP contribution >= 0.6 is 0 Å². The Labute approximate surface area is 161 Å². The van der Waals surface area contributed by atoms with Gasteiger partial charge in [-0.05, 0) is 67.5 Å². The summed E-state index contributed by atoms with van der Waals surface area (Å²) in [7, 11) is 0. The van der Waals surface area contributed by atoms with Crippen LogP contribution in [-0.4, -0.2) is 0 Å². The predicted octanol–water partition coefficient (Wildman–Crippen LogP) is 7.39. The minimum Gasteiger partial charge on any atom is -0.449 e. The van der Waals surface area contributed by atoms with Crippen LogP contribution in [0.5, 0.6) is 11.5 Å². The number of ether oxygens (including phenoxy) is 1. The summed E-state index contributed by atoms with van der Waals surface area (Å²) in [4.78, 5) is 2.21.